The van der Waals surface area contributed by atoms with Crippen molar-refractivity contribution in [2.24, 2.45) is 0 Å². The zero-order valence-electron chi connectivity index (χ0n) is 12.5. The van der Waals surface area contributed by atoms with Crippen LogP contribution in [0.25, 0.3) is 5.82 Å². The van der Waals surface area contributed by atoms with E-state index in [-0.39, 0.29) is 6.61 Å². The van der Waals surface area contributed by atoms with E-state index < -0.39 is 5.97 Å². The Kier molecular flexibility index (Phi) is 4.33. The van der Waals surface area contributed by atoms with Gasteiger partial charge in [0.05, 0.1) is 12.7 Å². The number of aromatic nitrogens is 3. The fourth-order valence-electron chi connectivity index (χ4n) is 2.10. The molecule has 0 radical (unpaired) electrons. The molecule has 6 heteroatoms. The number of hydrogen-bond acceptors (Lipinski definition) is 5. The number of pyridine rings is 1. The number of methoxy groups -OCH3 is 1. The van der Waals surface area contributed by atoms with E-state index in [1.807, 2.05) is 24.3 Å². The molecule has 0 aliphatic heterocycles. The van der Waals surface area contributed by atoms with Crippen LogP contribution in [0.1, 0.15) is 15.9 Å². The normalized spacial score (nSPS) is 10.3. The number of nitrogens with zero attached hydrogens (tertiary/aromatic N) is 3. The Bertz CT molecular complexity index is 783. The molecular formula is C17H15N3O3. The number of hydrogen-bond donors (Lipinski definition) is 0. The highest BCUT2D eigenvalue weighted by atomic mass is 16.5. The van der Waals surface area contributed by atoms with Crippen LogP contribution in [0.4, 0.5) is 0 Å². The summed E-state index contributed by atoms with van der Waals surface area (Å²) in [6, 6.07) is 10.8. The number of esters is 1. The van der Waals surface area contributed by atoms with E-state index in [0.29, 0.717) is 17.1 Å². The Morgan fingerprint density at radius 3 is 2.78 bits per heavy atom. The molecule has 0 fully saturated rings. The number of carbonyl (C=O) groups excluding carboxylic acids is 1. The number of ether oxygens (including phenoxy) is 2. The molecule has 2 aromatic heterocycles. The molecular weight excluding hydrogens is 294 g/mol. The van der Waals surface area contributed by atoms with Crippen LogP contribution in [0, 0.1) is 0 Å². The van der Waals surface area contributed by atoms with Gasteiger partial charge in [-0.25, -0.2) is 14.8 Å². The molecule has 0 bridgehead atoms. The van der Waals surface area contributed by atoms with Crippen molar-refractivity contribution in [1.29, 1.82) is 0 Å². The highest BCUT2D eigenvalue weighted by Crippen LogP contribution is 2.18. The number of para-hydroxylation sites is 1. The summed E-state index contributed by atoms with van der Waals surface area (Å²) in [5.74, 6) is 0.943. The lowest BCUT2D eigenvalue weighted by Gasteiger charge is -2.09. The Labute approximate surface area is 133 Å². The lowest BCUT2D eigenvalue weighted by atomic mass is 10.2. The summed E-state index contributed by atoms with van der Waals surface area (Å²) in [5, 5.41) is 0. The van der Waals surface area contributed by atoms with E-state index in [0.717, 1.165) is 5.56 Å². The van der Waals surface area contributed by atoms with Crippen molar-refractivity contribution in [3.05, 3.63) is 72.4 Å². The first-order valence-corrected chi connectivity index (χ1v) is 7.01. The fourth-order valence-corrected chi connectivity index (χ4v) is 2.10. The topological polar surface area (TPSA) is 66.2 Å². The van der Waals surface area contributed by atoms with Gasteiger partial charge in [-0.2, -0.15) is 0 Å². The summed E-state index contributed by atoms with van der Waals surface area (Å²) in [7, 11) is 1.58. The molecule has 0 saturated carbocycles. The van der Waals surface area contributed by atoms with E-state index in [1.54, 1.807) is 42.5 Å². The molecule has 3 rings (SSSR count). The van der Waals surface area contributed by atoms with Gasteiger partial charge in [0.15, 0.2) is 0 Å². The van der Waals surface area contributed by atoms with Crippen molar-refractivity contribution in [2.45, 2.75) is 6.61 Å². The van der Waals surface area contributed by atoms with Crippen LogP contribution in [0.3, 0.4) is 0 Å². The first-order valence-electron chi connectivity index (χ1n) is 7.01. The summed E-state index contributed by atoms with van der Waals surface area (Å²) in [5.41, 5.74) is 1.20. The second-order valence-electron chi connectivity index (χ2n) is 4.76. The zero-order valence-corrected chi connectivity index (χ0v) is 12.5. The second kappa shape index (κ2) is 6.74. The van der Waals surface area contributed by atoms with Crippen molar-refractivity contribution < 1.29 is 14.3 Å². The standard InChI is InChI=1S/C17H15N3O3/c1-22-15-5-3-2-4-14(15)11-23-17(21)13-6-7-16(19-10-13)20-9-8-18-12-20/h2-10,12H,11H2,1H3. The van der Waals surface area contributed by atoms with E-state index in [9.17, 15) is 4.79 Å². The minimum absolute atomic E-state index is 0.145. The Morgan fingerprint density at radius 2 is 2.09 bits per heavy atom. The molecule has 6 nitrogen and oxygen atoms in total. The van der Waals surface area contributed by atoms with Crippen molar-refractivity contribution in [2.75, 3.05) is 7.11 Å². The third-order valence-electron chi connectivity index (χ3n) is 3.30. The molecule has 0 N–H and O–H groups in total. The van der Waals surface area contributed by atoms with E-state index in [1.165, 1.54) is 6.20 Å². The molecule has 1 aromatic carbocycles. The smallest absolute Gasteiger partial charge is 0.340 e. The predicted octanol–water partition coefficient (Wildman–Crippen LogP) is 2.63. The van der Waals surface area contributed by atoms with E-state index in [2.05, 4.69) is 9.97 Å². The third-order valence-corrected chi connectivity index (χ3v) is 3.30. The molecule has 116 valence electrons. The Morgan fingerprint density at radius 1 is 1.22 bits per heavy atom. The molecule has 2 heterocycles. The minimum Gasteiger partial charge on any atom is -0.496 e. The van der Waals surface area contributed by atoms with Gasteiger partial charge in [-0.15, -0.1) is 0 Å². The second-order valence-corrected chi connectivity index (χ2v) is 4.76. The van der Waals surface area contributed by atoms with Crippen molar-refractivity contribution in [1.82, 2.24) is 14.5 Å². The van der Waals surface area contributed by atoms with E-state index >= 15 is 0 Å². The Hall–Kier alpha value is -3.15. The summed E-state index contributed by atoms with van der Waals surface area (Å²) in [6.07, 6.45) is 6.57. The predicted molar refractivity (Wildman–Crippen MR) is 83.5 cm³/mol. The molecule has 0 atom stereocenters. The molecule has 0 aliphatic carbocycles. The molecule has 23 heavy (non-hydrogen) atoms. The monoisotopic (exact) mass is 309 g/mol. The SMILES string of the molecule is COc1ccccc1COC(=O)c1ccc(-n2ccnc2)nc1. The van der Waals surface area contributed by atoms with Gasteiger partial charge in [0.1, 0.15) is 24.5 Å². The van der Waals surface area contributed by atoms with Crippen molar-refractivity contribution in [3.63, 3.8) is 0 Å². The molecule has 3 aromatic rings. The number of benzene rings is 1. The maximum Gasteiger partial charge on any atom is 0.340 e. The van der Waals surface area contributed by atoms with Crippen LogP contribution < -0.4 is 4.74 Å². The van der Waals surface area contributed by atoms with Gasteiger partial charge in [0.2, 0.25) is 0 Å². The first-order chi connectivity index (χ1) is 11.3. The lowest BCUT2D eigenvalue weighted by molar-refractivity contribution is 0.0469. The summed E-state index contributed by atoms with van der Waals surface area (Å²) in [4.78, 5) is 20.3. The average Bonchev–Trinajstić information content (AvgIpc) is 3.14. The summed E-state index contributed by atoms with van der Waals surface area (Å²) >= 11 is 0. The molecule has 0 amide bonds. The molecule has 0 saturated heterocycles. The van der Waals surface area contributed by atoms with Crippen LogP contribution in [0.2, 0.25) is 0 Å². The van der Waals surface area contributed by atoms with Crippen molar-refractivity contribution >= 4 is 5.97 Å². The molecule has 0 spiro atoms. The minimum atomic E-state index is -0.430. The Balaban J connectivity index is 1.66. The quantitative estimate of drug-likeness (QED) is 0.678. The van der Waals surface area contributed by atoms with Crippen LogP contribution in [-0.2, 0) is 11.3 Å². The van der Waals surface area contributed by atoms with Crippen molar-refractivity contribution in [3.8, 4) is 11.6 Å². The molecule has 0 aliphatic rings. The average molecular weight is 309 g/mol. The maximum absolute atomic E-state index is 12.1. The number of rotatable bonds is 5. The van der Waals surface area contributed by atoms with Gasteiger partial charge in [-0.3, -0.25) is 4.57 Å². The fraction of sp³-hybridized carbons (Fsp3) is 0.118. The number of carbonyl (C=O) groups is 1. The molecule has 0 unspecified atom stereocenters. The van der Waals surface area contributed by atoms with Crippen LogP contribution in [0.15, 0.2) is 61.3 Å². The highest BCUT2D eigenvalue weighted by Gasteiger charge is 2.10. The van der Waals surface area contributed by atoms with Crippen LogP contribution >= 0.6 is 0 Å². The largest absolute Gasteiger partial charge is 0.496 e. The van der Waals surface area contributed by atoms with Gasteiger partial charge in [-0.1, -0.05) is 18.2 Å². The van der Waals surface area contributed by atoms with Crippen LogP contribution in [-0.4, -0.2) is 27.6 Å². The summed E-state index contributed by atoms with van der Waals surface area (Å²) in [6.45, 7) is 0.145. The van der Waals surface area contributed by atoms with E-state index in [4.69, 9.17) is 9.47 Å². The number of imidazole rings is 1. The first kappa shape index (κ1) is 14.8. The highest BCUT2D eigenvalue weighted by molar-refractivity contribution is 5.89. The van der Waals surface area contributed by atoms with Gasteiger partial charge < -0.3 is 9.47 Å². The maximum atomic E-state index is 12.1. The van der Waals surface area contributed by atoms with Gasteiger partial charge in [-0.05, 0) is 18.2 Å². The third kappa shape index (κ3) is 3.37. The van der Waals surface area contributed by atoms with Gasteiger partial charge >= 0.3 is 5.97 Å². The zero-order chi connectivity index (χ0) is 16.1. The summed E-state index contributed by atoms with van der Waals surface area (Å²) < 4.78 is 12.3. The van der Waals surface area contributed by atoms with Gasteiger partial charge in [0, 0.05) is 24.2 Å². The lowest BCUT2D eigenvalue weighted by Crippen LogP contribution is -2.07. The van der Waals surface area contributed by atoms with Crippen LogP contribution in [0.5, 0.6) is 5.75 Å². The van der Waals surface area contributed by atoms with Gasteiger partial charge in [0.25, 0.3) is 0 Å².